The van der Waals surface area contributed by atoms with Gasteiger partial charge in [-0.15, -0.1) is 0 Å². The van der Waals surface area contributed by atoms with Crippen LogP contribution in [0.25, 0.3) is 0 Å². The van der Waals surface area contributed by atoms with Crippen molar-refractivity contribution in [2.75, 3.05) is 12.0 Å². The Bertz CT molecular complexity index is 682. The van der Waals surface area contributed by atoms with E-state index < -0.39 is 10.0 Å². The number of sulfonamides is 1. The number of hydrazine groups is 1. The van der Waals surface area contributed by atoms with Gasteiger partial charge in [-0.3, -0.25) is 10.5 Å². The largest absolute Gasteiger partial charge is 0.321 e. The Morgan fingerprint density at radius 1 is 1.45 bits per heavy atom. The van der Waals surface area contributed by atoms with Crippen molar-refractivity contribution >= 4 is 15.7 Å². The molecule has 0 unspecified atom stereocenters. The fourth-order valence-electron chi connectivity index (χ4n) is 1.71. The van der Waals surface area contributed by atoms with E-state index in [4.69, 9.17) is 5.84 Å². The fraction of sp³-hybridized carbons (Fsp3) is 0.273. The number of nitrogens with zero attached hydrogens (tertiary/aromatic N) is 3. The van der Waals surface area contributed by atoms with Crippen molar-refractivity contribution in [3.8, 4) is 0 Å². The molecule has 0 saturated carbocycles. The third kappa shape index (κ3) is 3.32. The first-order valence-corrected chi connectivity index (χ1v) is 7.40. The Balaban J connectivity index is 2.04. The molecule has 0 radical (unpaired) electrons. The highest BCUT2D eigenvalue weighted by atomic mass is 32.2. The predicted molar refractivity (Wildman–Crippen MR) is 74.1 cm³/mol. The second kappa shape index (κ2) is 5.99. The van der Waals surface area contributed by atoms with Crippen LogP contribution in [-0.4, -0.2) is 29.7 Å². The van der Waals surface area contributed by atoms with Gasteiger partial charge in [-0.2, -0.15) is 5.10 Å². The highest BCUT2D eigenvalue weighted by Crippen LogP contribution is 2.16. The van der Waals surface area contributed by atoms with Crippen molar-refractivity contribution in [3.05, 3.63) is 36.3 Å². The first-order chi connectivity index (χ1) is 9.53. The molecule has 0 aliphatic carbocycles. The lowest BCUT2D eigenvalue weighted by molar-refractivity contribution is 0.578. The quantitative estimate of drug-likeness (QED) is 0.494. The zero-order valence-electron chi connectivity index (χ0n) is 10.9. The Morgan fingerprint density at radius 2 is 2.25 bits per heavy atom. The molecule has 4 N–H and O–H groups in total. The van der Waals surface area contributed by atoms with E-state index in [1.54, 1.807) is 30.1 Å². The van der Waals surface area contributed by atoms with Gasteiger partial charge in [0.25, 0.3) is 10.0 Å². The zero-order valence-corrected chi connectivity index (χ0v) is 11.8. The van der Waals surface area contributed by atoms with Gasteiger partial charge in [0.15, 0.2) is 5.03 Å². The second-order valence-electron chi connectivity index (χ2n) is 4.17. The molecule has 9 heteroatoms. The first-order valence-electron chi connectivity index (χ1n) is 5.92. The topological polar surface area (TPSA) is 115 Å². The Labute approximate surface area is 117 Å². The maximum absolute atomic E-state index is 12.1. The monoisotopic (exact) mass is 296 g/mol. The molecule has 0 saturated heterocycles. The van der Waals surface area contributed by atoms with Gasteiger partial charge in [-0.05, 0) is 24.1 Å². The van der Waals surface area contributed by atoms with Crippen molar-refractivity contribution in [1.29, 1.82) is 0 Å². The van der Waals surface area contributed by atoms with E-state index in [-0.39, 0.29) is 17.3 Å². The van der Waals surface area contributed by atoms with Crippen molar-refractivity contribution in [2.45, 2.75) is 11.4 Å². The average Bonchev–Trinajstić information content (AvgIpc) is 2.84. The third-order valence-corrected chi connectivity index (χ3v) is 4.06. The maximum atomic E-state index is 12.1. The highest BCUT2D eigenvalue weighted by Gasteiger charge is 2.19. The molecule has 8 nitrogen and oxygen atoms in total. The van der Waals surface area contributed by atoms with Crippen LogP contribution in [0.15, 0.2) is 35.7 Å². The highest BCUT2D eigenvalue weighted by molar-refractivity contribution is 7.89. The van der Waals surface area contributed by atoms with Gasteiger partial charge >= 0.3 is 0 Å². The van der Waals surface area contributed by atoms with E-state index in [0.29, 0.717) is 6.42 Å². The number of pyridine rings is 1. The van der Waals surface area contributed by atoms with Crippen LogP contribution < -0.4 is 16.0 Å². The second-order valence-corrected chi connectivity index (χ2v) is 5.85. The van der Waals surface area contributed by atoms with E-state index in [1.807, 2.05) is 6.20 Å². The summed E-state index contributed by atoms with van der Waals surface area (Å²) in [4.78, 5) is 3.84. The number of anilines is 1. The Kier molecular flexibility index (Phi) is 4.32. The number of nitrogen functional groups attached to an aromatic ring is 1. The lowest BCUT2D eigenvalue weighted by Crippen LogP contribution is -2.28. The minimum absolute atomic E-state index is 0.117. The zero-order chi connectivity index (χ0) is 14.6. The Hall–Kier alpha value is -1.97. The van der Waals surface area contributed by atoms with E-state index in [0.717, 1.165) is 5.56 Å². The molecule has 0 fully saturated rings. The minimum Gasteiger partial charge on any atom is -0.321 e. The van der Waals surface area contributed by atoms with Crippen molar-refractivity contribution in [2.24, 2.45) is 12.9 Å². The van der Waals surface area contributed by atoms with Crippen molar-refractivity contribution in [3.63, 3.8) is 0 Å². The van der Waals surface area contributed by atoms with Crippen LogP contribution in [0, 0.1) is 0 Å². The summed E-state index contributed by atoms with van der Waals surface area (Å²) in [6, 6.07) is 3.15. The number of aromatic nitrogens is 3. The summed E-state index contributed by atoms with van der Waals surface area (Å²) >= 11 is 0. The summed E-state index contributed by atoms with van der Waals surface area (Å²) in [6.07, 6.45) is 5.48. The number of rotatable bonds is 6. The maximum Gasteiger partial charge on any atom is 0.260 e. The standard InChI is InChI=1S/C11H16N6O2S/c1-17-8-9(7-14-17)4-6-15-20(18,19)11-10(16-12)3-2-5-13-11/h2-3,5,7-8,15-16H,4,6,12H2,1H3. The van der Waals surface area contributed by atoms with Crippen molar-refractivity contribution in [1.82, 2.24) is 19.5 Å². The first kappa shape index (κ1) is 14.4. The normalized spacial score (nSPS) is 11.5. The number of hydrogen-bond acceptors (Lipinski definition) is 6. The molecule has 20 heavy (non-hydrogen) atoms. The molecular formula is C11H16N6O2S. The van der Waals surface area contributed by atoms with Gasteiger partial charge in [0.1, 0.15) is 0 Å². The summed E-state index contributed by atoms with van der Waals surface area (Å²) in [5.74, 6) is 5.28. The summed E-state index contributed by atoms with van der Waals surface area (Å²) in [5, 5.41) is 3.90. The van der Waals surface area contributed by atoms with Crippen LogP contribution in [0.1, 0.15) is 5.56 Å². The lowest BCUT2D eigenvalue weighted by atomic mass is 10.3. The number of hydrogen-bond donors (Lipinski definition) is 3. The summed E-state index contributed by atoms with van der Waals surface area (Å²) in [5.41, 5.74) is 3.52. The fourth-order valence-corrected chi connectivity index (χ4v) is 2.84. The number of aryl methyl sites for hydroxylation is 1. The minimum atomic E-state index is -3.70. The smallest absolute Gasteiger partial charge is 0.260 e. The van der Waals surface area contributed by atoms with Crippen LogP contribution in [0.4, 0.5) is 5.69 Å². The van der Waals surface area contributed by atoms with E-state index >= 15 is 0 Å². The van der Waals surface area contributed by atoms with E-state index in [1.165, 1.54) is 6.20 Å². The Morgan fingerprint density at radius 3 is 2.90 bits per heavy atom. The summed E-state index contributed by atoms with van der Waals surface area (Å²) in [6.45, 7) is 0.259. The van der Waals surface area contributed by atoms with Gasteiger partial charge in [-0.1, -0.05) is 0 Å². The number of nitrogens with two attached hydrogens (primary N) is 1. The van der Waals surface area contributed by atoms with Gasteiger partial charge in [0.05, 0.1) is 11.9 Å². The molecule has 2 aromatic rings. The number of nitrogens with one attached hydrogen (secondary N) is 2. The van der Waals surface area contributed by atoms with Crippen LogP contribution in [-0.2, 0) is 23.5 Å². The SMILES string of the molecule is Cn1cc(CCNS(=O)(=O)c2ncccc2NN)cn1. The molecule has 0 aromatic carbocycles. The van der Waals surface area contributed by atoms with E-state index in [9.17, 15) is 8.42 Å². The van der Waals surface area contributed by atoms with Crippen LogP contribution in [0.2, 0.25) is 0 Å². The van der Waals surface area contributed by atoms with Gasteiger partial charge in [0, 0.05) is 26.0 Å². The van der Waals surface area contributed by atoms with Gasteiger partial charge in [0.2, 0.25) is 0 Å². The summed E-state index contributed by atoms with van der Waals surface area (Å²) < 4.78 is 28.4. The molecule has 0 amide bonds. The third-order valence-electron chi connectivity index (χ3n) is 2.65. The summed E-state index contributed by atoms with van der Waals surface area (Å²) in [7, 11) is -1.89. The molecule has 2 rings (SSSR count). The molecule has 0 spiro atoms. The van der Waals surface area contributed by atoms with Gasteiger partial charge < -0.3 is 5.43 Å². The van der Waals surface area contributed by atoms with E-state index in [2.05, 4.69) is 20.2 Å². The van der Waals surface area contributed by atoms with Crippen LogP contribution in [0.5, 0.6) is 0 Å². The molecular weight excluding hydrogens is 280 g/mol. The molecule has 2 heterocycles. The van der Waals surface area contributed by atoms with Gasteiger partial charge in [-0.25, -0.2) is 18.1 Å². The predicted octanol–water partition coefficient (Wildman–Crippen LogP) is -0.378. The average molecular weight is 296 g/mol. The molecule has 0 atom stereocenters. The molecule has 0 bridgehead atoms. The van der Waals surface area contributed by atoms with Crippen LogP contribution >= 0.6 is 0 Å². The molecule has 2 aromatic heterocycles. The van der Waals surface area contributed by atoms with Crippen molar-refractivity contribution < 1.29 is 8.42 Å². The van der Waals surface area contributed by atoms with Crippen LogP contribution in [0.3, 0.4) is 0 Å². The molecule has 108 valence electrons. The molecule has 0 aliphatic heterocycles. The molecule has 0 aliphatic rings. The lowest BCUT2D eigenvalue weighted by Gasteiger charge is -2.09.